The number of hydrogen-bond acceptors (Lipinski definition) is 3. The summed E-state index contributed by atoms with van der Waals surface area (Å²) in [5.74, 6) is -1.05. The quantitative estimate of drug-likeness (QED) is 0.838. The number of carboxylic acid groups (broad SMARTS) is 1. The van der Waals surface area contributed by atoms with Gasteiger partial charge in [0.2, 0.25) is 5.91 Å². The number of nitrogens with zero attached hydrogens (tertiary/aromatic N) is 1. The average Bonchev–Trinajstić information content (AvgIpc) is 2.44. The minimum absolute atomic E-state index is 0.161. The van der Waals surface area contributed by atoms with Crippen molar-refractivity contribution in [3.63, 3.8) is 0 Å². The molecule has 0 saturated heterocycles. The highest BCUT2D eigenvalue weighted by Gasteiger charge is 2.36. The number of amides is 1. The van der Waals surface area contributed by atoms with Crippen molar-refractivity contribution in [1.29, 1.82) is 0 Å². The third kappa shape index (κ3) is 2.61. The van der Waals surface area contributed by atoms with Crippen LogP contribution in [0.3, 0.4) is 0 Å². The van der Waals surface area contributed by atoms with E-state index in [0.29, 0.717) is 13.0 Å². The topological polar surface area (TPSA) is 69.6 Å². The molecule has 1 aliphatic rings. The SMILES string of the molecule is CNC(=O)C(C)N1Cc2ccccc2C[C@H]1C(=O)O. The summed E-state index contributed by atoms with van der Waals surface area (Å²) in [5, 5.41) is 11.9. The maximum absolute atomic E-state index is 11.7. The van der Waals surface area contributed by atoms with Crippen LogP contribution in [0.1, 0.15) is 18.1 Å². The molecule has 0 fully saturated rings. The standard InChI is InChI=1S/C14H18N2O3/c1-9(13(17)15-2)16-8-11-6-4-3-5-10(11)7-12(16)14(18)19/h3-6,9,12H,7-8H2,1-2H3,(H,15,17)(H,18,19)/t9?,12-/m0/s1. The molecule has 0 spiro atoms. The van der Waals surface area contributed by atoms with Crippen LogP contribution in [0.2, 0.25) is 0 Å². The van der Waals surface area contributed by atoms with Crippen molar-refractivity contribution in [2.45, 2.75) is 32.0 Å². The maximum Gasteiger partial charge on any atom is 0.321 e. The molecule has 19 heavy (non-hydrogen) atoms. The summed E-state index contributed by atoms with van der Waals surface area (Å²) in [6.45, 7) is 2.23. The molecule has 102 valence electrons. The predicted octanol–water partition coefficient (Wildman–Crippen LogP) is 0.632. The average molecular weight is 262 g/mol. The number of hydrogen-bond donors (Lipinski definition) is 2. The highest BCUT2D eigenvalue weighted by molar-refractivity contribution is 5.82. The van der Waals surface area contributed by atoms with Crippen LogP contribution in [0.4, 0.5) is 0 Å². The second-order valence-corrected chi connectivity index (χ2v) is 4.79. The van der Waals surface area contributed by atoms with Crippen molar-refractivity contribution >= 4 is 11.9 Å². The van der Waals surface area contributed by atoms with Crippen molar-refractivity contribution in [3.8, 4) is 0 Å². The van der Waals surface area contributed by atoms with E-state index in [9.17, 15) is 14.7 Å². The zero-order chi connectivity index (χ0) is 14.0. The Balaban J connectivity index is 2.31. The van der Waals surface area contributed by atoms with Gasteiger partial charge in [0.15, 0.2) is 0 Å². The molecule has 5 nitrogen and oxygen atoms in total. The van der Waals surface area contributed by atoms with Crippen molar-refractivity contribution in [2.24, 2.45) is 0 Å². The number of likely N-dealkylation sites (N-methyl/N-ethyl adjacent to an activating group) is 1. The molecule has 1 aliphatic heterocycles. The Hall–Kier alpha value is -1.88. The van der Waals surface area contributed by atoms with Gasteiger partial charge in [0.25, 0.3) is 0 Å². The Morgan fingerprint density at radius 2 is 2.00 bits per heavy atom. The van der Waals surface area contributed by atoms with E-state index in [4.69, 9.17) is 0 Å². The number of rotatable bonds is 3. The van der Waals surface area contributed by atoms with Gasteiger partial charge in [-0.2, -0.15) is 0 Å². The van der Waals surface area contributed by atoms with Crippen LogP contribution in [-0.2, 0) is 22.6 Å². The monoisotopic (exact) mass is 262 g/mol. The van der Waals surface area contributed by atoms with Crippen LogP contribution >= 0.6 is 0 Å². The molecule has 0 bridgehead atoms. The van der Waals surface area contributed by atoms with Crippen LogP contribution in [-0.4, -0.2) is 41.0 Å². The van der Waals surface area contributed by atoms with Crippen LogP contribution < -0.4 is 5.32 Å². The van der Waals surface area contributed by atoms with Crippen LogP contribution in [0, 0.1) is 0 Å². The lowest BCUT2D eigenvalue weighted by Gasteiger charge is -2.37. The van der Waals surface area contributed by atoms with Gasteiger partial charge in [0.05, 0.1) is 6.04 Å². The summed E-state index contributed by atoms with van der Waals surface area (Å²) < 4.78 is 0. The van der Waals surface area contributed by atoms with Gasteiger partial charge >= 0.3 is 5.97 Å². The molecule has 1 aromatic rings. The molecule has 2 rings (SSSR count). The highest BCUT2D eigenvalue weighted by atomic mass is 16.4. The molecule has 0 radical (unpaired) electrons. The fourth-order valence-electron chi connectivity index (χ4n) is 2.54. The second kappa shape index (κ2) is 5.40. The molecule has 1 amide bonds. The molecule has 2 atom stereocenters. The van der Waals surface area contributed by atoms with E-state index in [1.165, 1.54) is 0 Å². The van der Waals surface area contributed by atoms with Crippen molar-refractivity contribution in [1.82, 2.24) is 10.2 Å². The van der Waals surface area contributed by atoms with Gasteiger partial charge in [-0.05, 0) is 24.5 Å². The molecule has 1 unspecified atom stereocenters. The smallest absolute Gasteiger partial charge is 0.321 e. The van der Waals surface area contributed by atoms with E-state index in [-0.39, 0.29) is 5.91 Å². The number of fused-ring (bicyclic) bond motifs is 1. The molecule has 0 aliphatic carbocycles. The second-order valence-electron chi connectivity index (χ2n) is 4.79. The summed E-state index contributed by atoms with van der Waals surface area (Å²) in [6, 6.07) is 6.67. The predicted molar refractivity (Wildman–Crippen MR) is 70.6 cm³/mol. The Morgan fingerprint density at radius 3 is 2.58 bits per heavy atom. The number of carbonyl (C=O) groups is 2. The van der Waals surface area contributed by atoms with Gasteiger partial charge in [-0.15, -0.1) is 0 Å². The highest BCUT2D eigenvalue weighted by Crippen LogP contribution is 2.25. The minimum atomic E-state index is -0.884. The number of benzene rings is 1. The number of nitrogens with one attached hydrogen (secondary N) is 1. The van der Waals surface area contributed by atoms with Crippen molar-refractivity contribution in [3.05, 3.63) is 35.4 Å². The van der Waals surface area contributed by atoms with Gasteiger partial charge in [-0.3, -0.25) is 14.5 Å². The number of aliphatic carboxylic acids is 1. The normalized spacial score (nSPS) is 20.4. The molecule has 1 aromatic carbocycles. The fourth-order valence-corrected chi connectivity index (χ4v) is 2.54. The van der Waals surface area contributed by atoms with Gasteiger partial charge in [0, 0.05) is 13.6 Å². The van der Waals surface area contributed by atoms with Crippen molar-refractivity contribution < 1.29 is 14.7 Å². The first-order valence-electron chi connectivity index (χ1n) is 6.31. The Kier molecular flexibility index (Phi) is 3.85. The number of carbonyl (C=O) groups excluding carboxylic acids is 1. The van der Waals surface area contributed by atoms with Crippen LogP contribution in [0.5, 0.6) is 0 Å². The first kappa shape index (κ1) is 13.5. The van der Waals surface area contributed by atoms with E-state index in [0.717, 1.165) is 11.1 Å². The molecular formula is C14H18N2O3. The van der Waals surface area contributed by atoms with E-state index >= 15 is 0 Å². The Morgan fingerprint density at radius 1 is 1.37 bits per heavy atom. The largest absolute Gasteiger partial charge is 0.480 e. The molecule has 5 heteroatoms. The molecule has 0 aromatic heterocycles. The summed E-state index contributed by atoms with van der Waals surface area (Å²) in [7, 11) is 1.56. The van der Waals surface area contributed by atoms with Gasteiger partial charge in [0.1, 0.15) is 6.04 Å². The summed E-state index contributed by atoms with van der Waals surface area (Å²) in [5.41, 5.74) is 2.14. The fraction of sp³-hybridized carbons (Fsp3) is 0.429. The molecular weight excluding hydrogens is 244 g/mol. The first-order chi connectivity index (χ1) is 9.04. The van der Waals surface area contributed by atoms with E-state index < -0.39 is 18.1 Å². The van der Waals surface area contributed by atoms with Crippen LogP contribution in [0.15, 0.2) is 24.3 Å². The van der Waals surface area contributed by atoms with Crippen molar-refractivity contribution in [2.75, 3.05) is 7.05 Å². The van der Waals surface area contributed by atoms with Gasteiger partial charge in [-0.1, -0.05) is 24.3 Å². The summed E-state index contributed by atoms with van der Waals surface area (Å²) >= 11 is 0. The van der Waals surface area contributed by atoms with E-state index in [2.05, 4.69) is 5.32 Å². The molecule has 1 heterocycles. The third-order valence-corrected chi connectivity index (χ3v) is 3.69. The Labute approximate surface area is 112 Å². The lowest BCUT2D eigenvalue weighted by Crippen LogP contribution is -2.54. The lowest BCUT2D eigenvalue weighted by molar-refractivity contribution is -0.146. The Bertz CT molecular complexity index is 501. The zero-order valence-electron chi connectivity index (χ0n) is 11.1. The summed E-state index contributed by atoms with van der Waals surface area (Å²) in [6.07, 6.45) is 0.437. The molecule has 0 saturated carbocycles. The van der Waals surface area contributed by atoms with Gasteiger partial charge < -0.3 is 10.4 Å². The van der Waals surface area contributed by atoms with Crippen LogP contribution in [0.25, 0.3) is 0 Å². The summed E-state index contributed by atoms with van der Waals surface area (Å²) in [4.78, 5) is 24.9. The number of carboxylic acids is 1. The van der Waals surface area contributed by atoms with E-state index in [1.54, 1.807) is 18.9 Å². The van der Waals surface area contributed by atoms with E-state index in [1.807, 2.05) is 24.3 Å². The molecule has 2 N–H and O–H groups in total. The minimum Gasteiger partial charge on any atom is -0.480 e. The zero-order valence-corrected chi connectivity index (χ0v) is 11.1. The third-order valence-electron chi connectivity index (χ3n) is 3.69. The lowest BCUT2D eigenvalue weighted by atomic mass is 9.92. The first-order valence-corrected chi connectivity index (χ1v) is 6.31. The maximum atomic E-state index is 11.7. The van der Waals surface area contributed by atoms with Gasteiger partial charge in [-0.25, -0.2) is 0 Å².